The molecule has 0 fully saturated rings. The number of hydrogen-bond acceptors (Lipinski definition) is 4. The van der Waals surface area contributed by atoms with E-state index in [2.05, 4.69) is 10.5 Å². The Morgan fingerprint density at radius 2 is 1.65 bits per heavy atom. The number of oxime groups is 1. The molecule has 0 radical (unpaired) electrons. The molecule has 0 aromatic heterocycles. The number of hydrogen-bond donors (Lipinski definition) is 4. The second-order valence-corrected chi connectivity index (χ2v) is 4.66. The third-order valence-electron chi connectivity index (χ3n) is 2.81. The van der Waals surface area contributed by atoms with E-state index in [9.17, 15) is 9.59 Å². The van der Waals surface area contributed by atoms with Crippen LogP contribution in [0.3, 0.4) is 0 Å². The van der Waals surface area contributed by atoms with Crippen LogP contribution in [0.1, 0.15) is 29.8 Å². The van der Waals surface area contributed by atoms with Gasteiger partial charge in [-0.2, -0.15) is 0 Å². The number of primary amides is 1. The van der Waals surface area contributed by atoms with E-state index in [1.807, 2.05) is 0 Å². The van der Waals surface area contributed by atoms with E-state index < -0.39 is 17.9 Å². The van der Waals surface area contributed by atoms with E-state index in [4.69, 9.17) is 16.7 Å². The fourth-order valence-electron chi connectivity index (χ4n) is 1.64. The largest absolute Gasteiger partial charge is 0.409 e. The van der Waals surface area contributed by atoms with E-state index in [0.717, 1.165) is 0 Å². The first-order valence-electron chi connectivity index (χ1n) is 6.05. The van der Waals surface area contributed by atoms with Crippen molar-refractivity contribution >= 4 is 17.6 Å². The van der Waals surface area contributed by atoms with Crippen LogP contribution >= 0.6 is 0 Å². The lowest BCUT2D eigenvalue weighted by atomic mass is 10.0. The Hall–Kier alpha value is -2.57. The highest BCUT2D eigenvalue weighted by Gasteiger charge is 2.22. The molecule has 0 bridgehead atoms. The maximum atomic E-state index is 12.0. The molecular weight excluding hydrogens is 260 g/mol. The third kappa shape index (κ3) is 3.71. The monoisotopic (exact) mass is 278 g/mol. The number of rotatable bonds is 5. The predicted molar refractivity (Wildman–Crippen MR) is 74.2 cm³/mol. The molecule has 1 atom stereocenters. The van der Waals surface area contributed by atoms with Crippen molar-refractivity contribution < 1.29 is 14.8 Å². The lowest BCUT2D eigenvalue weighted by Crippen LogP contribution is -2.47. The number of carbonyl (C=O) groups is 2. The van der Waals surface area contributed by atoms with Crippen molar-refractivity contribution in [3.63, 3.8) is 0 Å². The van der Waals surface area contributed by atoms with Crippen molar-refractivity contribution in [3.8, 4) is 0 Å². The van der Waals surface area contributed by atoms with Gasteiger partial charge in [-0.25, -0.2) is 0 Å². The Bertz CT molecular complexity index is 523. The average Bonchev–Trinajstić information content (AvgIpc) is 2.43. The molecule has 0 aliphatic heterocycles. The number of carbonyl (C=O) groups excluding carboxylic acids is 2. The Kier molecular flexibility index (Phi) is 5.08. The average molecular weight is 278 g/mol. The molecular formula is C13H18N4O3. The molecule has 6 N–H and O–H groups in total. The Morgan fingerprint density at radius 3 is 2.05 bits per heavy atom. The summed E-state index contributed by atoms with van der Waals surface area (Å²) in [6.45, 7) is 3.58. The molecule has 7 nitrogen and oxygen atoms in total. The summed E-state index contributed by atoms with van der Waals surface area (Å²) in [5.41, 5.74) is 11.5. The normalized spacial score (nSPS) is 13.1. The maximum absolute atomic E-state index is 12.0. The van der Waals surface area contributed by atoms with Gasteiger partial charge in [-0.15, -0.1) is 0 Å². The van der Waals surface area contributed by atoms with Crippen LogP contribution in [-0.2, 0) is 4.79 Å². The number of nitrogens with two attached hydrogens (primary N) is 2. The van der Waals surface area contributed by atoms with Gasteiger partial charge in [-0.05, 0) is 18.1 Å². The van der Waals surface area contributed by atoms with Gasteiger partial charge >= 0.3 is 0 Å². The minimum atomic E-state index is -0.730. The number of nitrogens with one attached hydrogen (secondary N) is 1. The van der Waals surface area contributed by atoms with E-state index in [-0.39, 0.29) is 11.8 Å². The SMILES string of the molecule is CC(C)C(NC(=O)c1ccc(/C(N)=N/O)cc1)C(N)=O. The van der Waals surface area contributed by atoms with E-state index in [0.29, 0.717) is 11.1 Å². The van der Waals surface area contributed by atoms with Crippen LogP contribution in [0.2, 0.25) is 0 Å². The van der Waals surface area contributed by atoms with Gasteiger partial charge in [-0.1, -0.05) is 31.1 Å². The van der Waals surface area contributed by atoms with Crippen molar-refractivity contribution in [3.05, 3.63) is 35.4 Å². The number of nitrogens with zero attached hydrogens (tertiary/aromatic N) is 1. The van der Waals surface area contributed by atoms with E-state index >= 15 is 0 Å². The van der Waals surface area contributed by atoms with Gasteiger partial charge in [0.15, 0.2) is 5.84 Å². The van der Waals surface area contributed by atoms with Crippen molar-refractivity contribution in [1.29, 1.82) is 0 Å². The summed E-state index contributed by atoms with van der Waals surface area (Å²) < 4.78 is 0. The van der Waals surface area contributed by atoms with Crippen LogP contribution in [0.15, 0.2) is 29.4 Å². The maximum Gasteiger partial charge on any atom is 0.251 e. The fourth-order valence-corrected chi connectivity index (χ4v) is 1.64. The Morgan fingerprint density at radius 1 is 1.15 bits per heavy atom. The molecule has 0 saturated heterocycles. The summed E-state index contributed by atoms with van der Waals surface area (Å²) in [5.74, 6) is -1.14. The Labute approximate surface area is 116 Å². The zero-order valence-corrected chi connectivity index (χ0v) is 11.3. The minimum Gasteiger partial charge on any atom is -0.409 e. The molecule has 1 rings (SSSR count). The molecule has 0 spiro atoms. The highest BCUT2D eigenvalue weighted by atomic mass is 16.4. The molecule has 0 saturated carbocycles. The van der Waals surface area contributed by atoms with Crippen LogP contribution in [0, 0.1) is 5.92 Å². The molecule has 1 aromatic rings. The topological polar surface area (TPSA) is 131 Å². The quantitative estimate of drug-likeness (QED) is 0.262. The summed E-state index contributed by atoms with van der Waals surface area (Å²) >= 11 is 0. The smallest absolute Gasteiger partial charge is 0.251 e. The first kappa shape index (κ1) is 15.5. The summed E-state index contributed by atoms with van der Waals surface area (Å²) in [7, 11) is 0. The first-order valence-corrected chi connectivity index (χ1v) is 6.05. The molecule has 0 heterocycles. The second kappa shape index (κ2) is 6.55. The van der Waals surface area contributed by atoms with Crippen molar-refractivity contribution in [2.75, 3.05) is 0 Å². The van der Waals surface area contributed by atoms with Gasteiger partial charge < -0.3 is 22.0 Å². The molecule has 0 aliphatic rings. The van der Waals surface area contributed by atoms with Crippen LogP contribution in [0.25, 0.3) is 0 Å². The zero-order chi connectivity index (χ0) is 15.3. The van der Waals surface area contributed by atoms with Crippen molar-refractivity contribution in [2.24, 2.45) is 22.5 Å². The lowest BCUT2D eigenvalue weighted by molar-refractivity contribution is -0.120. The van der Waals surface area contributed by atoms with Gasteiger partial charge in [0.2, 0.25) is 5.91 Å². The summed E-state index contributed by atoms with van der Waals surface area (Å²) in [6.07, 6.45) is 0. The van der Waals surface area contributed by atoms with Crippen molar-refractivity contribution in [2.45, 2.75) is 19.9 Å². The lowest BCUT2D eigenvalue weighted by Gasteiger charge is -2.18. The first-order chi connectivity index (χ1) is 9.36. The minimum absolute atomic E-state index is 0.0471. The second-order valence-electron chi connectivity index (χ2n) is 4.66. The standard InChI is InChI=1S/C13H18N4O3/c1-7(2)10(12(15)18)16-13(19)9-5-3-8(4-6-9)11(14)17-20/h3-7,10,20H,1-2H3,(H2,14,17)(H2,15,18)(H,16,19). The fraction of sp³-hybridized carbons (Fsp3) is 0.308. The van der Waals surface area contributed by atoms with E-state index in [1.165, 1.54) is 12.1 Å². The summed E-state index contributed by atoms with van der Waals surface area (Å²) in [5, 5.41) is 14.0. The molecule has 7 heteroatoms. The van der Waals surface area contributed by atoms with E-state index in [1.54, 1.807) is 26.0 Å². The number of benzene rings is 1. The molecule has 20 heavy (non-hydrogen) atoms. The number of amides is 2. The number of amidine groups is 1. The van der Waals surface area contributed by atoms with Gasteiger partial charge in [0.25, 0.3) is 5.91 Å². The van der Waals surface area contributed by atoms with Crippen LogP contribution in [0.5, 0.6) is 0 Å². The molecule has 1 aromatic carbocycles. The molecule has 2 amide bonds. The van der Waals surface area contributed by atoms with Crippen LogP contribution in [-0.4, -0.2) is 28.9 Å². The summed E-state index contributed by atoms with van der Waals surface area (Å²) in [4.78, 5) is 23.2. The van der Waals surface area contributed by atoms with Gasteiger partial charge in [-0.3, -0.25) is 9.59 Å². The Balaban J connectivity index is 2.85. The molecule has 1 unspecified atom stereocenters. The predicted octanol–water partition coefficient (Wildman–Crippen LogP) is 0.0208. The van der Waals surface area contributed by atoms with Gasteiger partial charge in [0.1, 0.15) is 6.04 Å². The van der Waals surface area contributed by atoms with Crippen LogP contribution < -0.4 is 16.8 Å². The molecule has 108 valence electrons. The van der Waals surface area contributed by atoms with Crippen molar-refractivity contribution in [1.82, 2.24) is 5.32 Å². The van der Waals surface area contributed by atoms with Crippen LogP contribution in [0.4, 0.5) is 0 Å². The zero-order valence-electron chi connectivity index (χ0n) is 11.3. The van der Waals surface area contributed by atoms with Gasteiger partial charge in [0, 0.05) is 11.1 Å². The highest BCUT2D eigenvalue weighted by Crippen LogP contribution is 2.07. The van der Waals surface area contributed by atoms with Gasteiger partial charge in [0.05, 0.1) is 0 Å². The summed E-state index contributed by atoms with van der Waals surface area (Å²) in [6, 6.07) is 5.38. The highest BCUT2D eigenvalue weighted by molar-refractivity contribution is 6.00. The third-order valence-corrected chi connectivity index (χ3v) is 2.81. The molecule has 0 aliphatic carbocycles.